The zero-order valence-electron chi connectivity index (χ0n) is 32.9. The van der Waals surface area contributed by atoms with E-state index in [1.165, 1.54) is 6.07 Å². The van der Waals surface area contributed by atoms with Crippen molar-refractivity contribution in [2.75, 3.05) is 48.8 Å². The van der Waals surface area contributed by atoms with Crippen molar-refractivity contribution >= 4 is 64.4 Å². The van der Waals surface area contributed by atoms with Crippen LogP contribution >= 0.6 is 47.1 Å². The molecule has 5 aromatic carbocycles. The molecule has 7 nitrogen and oxygen atoms in total. The maximum atomic E-state index is 13.9. The number of anilines is 2. The van der Waals surface area contributed by atoms with E-state index in [9.17, 15) is 28.2 Å². The van der Waals surface area contributed by atoms with Crippen LogP contribution < -0.4 is 14.9 Å². The molecule has 2 saturated heterocycles. The van der Waals surface area contributed by atoms with E-state index < -0.39 is 11.6 Å². The molecule has 60 heavy (non-hydrogen) atoms. The summed E-state index contributed by atoms with van der Waals surface area (Å²) in [5.41, 5.74) is 0.196. The molecule has 4 N–H and O–H groups in total. The maximum absolute atomic E-state index is 13.9. The SMILES string of the molecule is O=C(NSc1ccc(N[C@@H](CSc2ccccc2)CC2CCN2CCO)c(SC(F)(F)F)c1)c1ccc(N2CCC(C(O)c3ccccc3-c3ccc(Cl)cc3)CC2)cc1. The van der Waals surface area contributed by atoms with Crippen LogP contribution in [0, 0.1) is 5.92 Å². The van der Waals surface area contributed by atoms with Crippen molar-refractivity contribution in [2.45, 2.75) is 64.1 Å². The first-order valence-electron chi connectivity index (χ1n) is 20.1. The Morgan fingerprint density at radius 1 is 0.850 bits per heavy atom. The number of nitrogens with zero attached hydrogens (tertiary/aromatic N) is 2. The van der Waals surface area contributed by atoms with Crippen LogP contribution in [-0.2, 0) is 0 Å². The van der Waals surface area contributed by atoms with Crippen LogP contribution in [0.3, 0.4) is 0 Å². The predicted molar refractivity (Wildman–Crippen MR) is 241 cm³/mol. The number of hydrogen-bond donors (Lipinski definition) is 4. The summed E-state index contributed by atoms with van der Waals surface area (Å²) < 4.78 is 44.5. The van der Waals surface area contributed by atoms with Crippen LogP contribution in [0.5, 0.6) is 0 Å². The van der Waals surface area contributed by atoms with E-state index in [-0.39, 0.29) is 47.2 Å². The molecule has 14 heteroatoms. The van der Waals surface area contributed by atoms with Gasteiger partial charge in [0.2, 0.25) is 0 Å². The summed E-state index contributed by atoms with van der Waals surface area (Å²) in [6, 6.07) is 37.8. The Kier molecular flexibility index (Phi) is 15.4. The fraction of sp³-hybridized carbons (Fsp3) is 0.326. The molecule has 2 unspecified atom stereocenters. The Bertz CT molecular complexity index is 2160. The summed E-state index contributed by atoms with van der Waals surface area (Å²) in [5, 5.41) is 25.1. The normalized spacial score (nSPS) is 17.2. The number of carbonyl (C=O) groups excluding carboxylic acids is 1. The fourth-order valence-electron chi connectivity index (χ4n) is 7.87. The number of nitrogens with one attached hydrogen (secondary N) is 2. The van der Waals surface area contributed by atoms with Gasteiger partial charge < -0.3 is 20.4 Å². The molecule has 5 aromatic rings. The highest BCUT2D eigenvalue weighted by Crippen LogP contribution is 2.43. The Labute approximate surface area is 367 Å². The van der Waals surface area contributed by atoms with Crippen molar-refractivity contribution in [1.29, 1.82) is 0 Å². The molecule has 3 atom stereocenters. The summed E-state index contributed by atoms with van der Waals surface area (Å²) >= 11 is 8.58. The zero-order chi connectivity index (χ0) is 42.1. The lowest BCUT2D eigenvalue weighted by molar-refractivity contribution is -0.0328. The van der Waals surface area contributed by atoms with E-state index in [0.29, 0.717) is 33.5 Å². The molecule has 0 radical (unpaired) electrons. The maximum Gasteiger partial charge on any atom is 0.446 e. The number of rotatable bonds is 17. The molecule has 2 fully saturated rings. The summed E-state index contributed by atoms with van der Waals surface area (Å²) in [7, 11) is 0. The lowest BCUT2D eigenvalue weighted by atomic mass is 9.84. The summed E-state index contributed by atoms with van der Waals surface area (Å²) in [6.45, 7) is 3.05. The number of carbonyl (C=O) groups is 1. The van der Waals surface area contributed by atoms with Crippen LogP contribution in [0.2, 0.25) is 5.02 Å². The molecule has 0 spiro atoms. The van der Waals surface area contributed by atoms with Gasteiger partial charge in [-0.25, -0.2) is 0 Å². The standard InChI is InChI=1S/C46H48ClF3N4O3S3/c47-34-14-10-31(11-15-34)40-8-4-5-9-41(40)44(56)32-20-23-53(24-21-32)36-16-12-33(13-17-36)45(57)52-60-39-18-19-42(43(29-39)59-46(48,49)50)51-35(28-37-22-25-54(37)26-27-55)30-58-38-6-2-1-3-7-38/h1-19,29,32,35,37,44,51,55-56H,20-28,30H2,(H,52,57)/t35-,37?,44?/m1/s1. The third-order valence-electron chi connectivity index (χ3n) is 11.1. The second kappa shape index (κ2) is 20.8. The van der Waals surface area contributed by atoms with Gasteiger partial charge in [-0.05, 0) is 139 Å². The monoisotopic (exact) mass is 892 g/mol. The van der Waals surface area contributed by atoms with Gasteiger partial charge in [-0.1, -0.05) is 66.2 Å². The Hall–Kier alpha value is -3.82. The van der Waals surface area contributed by atoms with E-state index in [4.69, 9.17) is 11.6 Å². The summed E-state index contributed by atoms with van der Waals surface area (Å²) in [4.78, 5) is 19.3. The Morgan fingerprint density at radius 3 is 2.25 bits per heavy atom. The van der Waals surface area contributed by atoms with Crippen molar-refractivity contribution < 1.29 is 28.2 Å². The number of alkyl halides is 3. The molecule has 7 rings (SSSR count). The van der Waals surface area contributed by atoms with Crippen molar-refractivity contribution in [1.82, 2.24) is 9.62 Å². The molecule has 2 aliphatic rings. The molecular weight excluding hydrogens is 845 g/mol. The van der Waals surface area contributed by atoms with Gasteiger partial charge >= 0.3 is 5.51 Å². The molecule has 0 aliphatic carbocycles. The van der Waals surface area contributed by atoms with E-state index >= 15 is 0 Å². The van der Waals surface area contributed by atoms with Crippen molar-refractivity contribution in [3.05, 3.63) is 137 Å². The van der Waals surface area contributed by atoms with Gasteiger partial charge in [-0.3, -0.25) is 14.4 Å². The number of aliphatic hydroxyl groups is 2. The lowest BCUT2D eigenvalue weighted by Gasteiger charge is -2.42. The number of aliphatic hydroxyl groups excluding tert-OH is 2. The van der Waals surface area contributed by atoms with Crippen molar-refractivity contribution in [3.63, 3.8) is 0 Å². The first-order valence-corrected chi connectivity index (χ1v) is 23.1. The number of piperidine rings is 1. The fourth-order valence-corrected chi connectivity index (χ4v) is 10.3. The van der Waals surface area contributed by atoms with E-state index in [0.717, 1.165) is 84.5 Å². The molecular formula is C46H48ClF3N4O3S3. The molecule has 2 heterocycles. The number of benzene rings is 5. The van der Waals surface area contributed by atoms with Gasteiger partial charge in [0, 0.05) is 80.7 Å². The first-order chi connectivity index (χ1) is 29.0. The van der Waals surface area contributed by atoms with Crippen LogP contribution in [0.1, 0.15) is 47.7 Å². The Balaban J connectivity index is 0.951. The van der Waals surface area contributed by atoms with E-state index in [1.807, 2.05) is 91.0 Å². The highest BCUT2D eigenvalue weighted by Gasteiger charge is 2.33. The van der Waals surface area contributed by atoms with Gasteiger partial charge in [-0.2, -0.15) is 13.2 Å². The number of likely N-dealkylation sites (tertiary alicyclic amines) is 1. The topological polar surface area (TPSA) is 88.1 Å². The van der Waals surface area contributed by atoms with Gasteiger partial charge in [0.05, 0.1) is 12.7 Å². The smallest absolute Gasteiger partial charge is 0.395 e. The van der Waals surface area contributed by atoms with Gasteiger partial charge in [0.15, 0.2) is 0 Å². The largest absolute Gasteiger partial charge is 0.446 e. The molecule has 1 amide bonds. The zero-order valence-corrected chi connectivity index (χ0v) is 36.1. The highest BCUT2D eigenvalue weighted by molar-refractivity contribution is 8.00. The second-order valence-electron chi connectivity index (χ2n) is 15.1. The van der Waals surface area contributed by atoms with Crippen molar-refractivity contribution in [2.24, 2.45) is 5.92 Å². The molecule has 2 aliphatic heterocycles. The average Bonchev–Trinajstić information content (AvgIpc) is 3.26. The third kappa shape index (κ3) is 12.0. The summed E-state index contributed by atoms with van der Waals surface area (Å²) in [5.74, 6) is 0.385. The van der Waals surface area contributed by atoms with Gasteiger partial charge in [0.1, 0.15) is 0 Å². The number of halogens is 4. The third-order valence-corrected chi connectivity index (χ3v) is 14.1. The predicted octanol–water partition coefficient (Wildman–Crippen LogP) is 11.0. The lowest BCUT2D eigenvalue weighted by Crippen LogP contribution is -2.51. The van der Waals surface area contributed by atoms with Crippen LogP contribution in [0.15, 0.2) is 136 Å². The average molecular weight is 894 g/mol. The Morgan fingerprint density at radius 2 is 1.57 bits per heavy atom. The minimum absolute atomic E-state index is 0.0312. The molecule has 0 bridgehead atoms. The number of thioether (sulfide) groups is 2. The van der Waals surface area contributed by atoms with Crippen molar-refractivity contribution in [3.8, 4) is 11.1 Å². The minimum Gasteiger partial charge on any atom is -0.395 e. The molecule has 0 aromatic heterocycles. The van der Waals surface area contributed by atoms with E-state index in [1.54, 1.807) is 36.0 Å². The highest BCUT2D eigenvalue weighted by atomic mass is 35.5. The molecule has 316 valence electrons. The van der Waals surface area contributed by atoms with Crippen LogP contribution in [0.4, 0.5) is 24.5 Å². The van der Waals surface area contributed by atoms with Gasteiger partial charge in [0.25, 0.3) is 5.91 Å². The van der Waals surface area contributed by atoms with E-state index in [2.05, 4.69) is 19.8 Å². The number of hydrogen-bond acceptors (Lipinski definition) is 9. The van der Waals surface area contributed by atoms with Gasteiger partial charge in [-0.15, -0.1) is 11.8 Å². The minimum atomic E-state index is -4.51. The first kappa shape index (κ1) is 44.2. The van der Waals surface area contributed by atoms with Crippen LogP contribution in [-0.4, -0.2) is 77.2 Å². The second-order valence-corrected chi connectivity index (χ2v) is 18.6. The molecule has 0 saturated carbocycles. The number of β-amino-alcohol motifs (C(OH)–C–C–N with tert-alkyl or cyclic N) is 1. The number of amides is 1. The quantitative estimate of drug-likeness (QED) is 0.0538. The van der Waals surface area contributed by atoms with Crippen LogP contribution in [0.25, 0.3) is 11.1 Å². The summed E-state index contributed by atoms with van der Waals surface area (Å²) in [6.07, 6.45) is 2.69.